The van der Waals surface area contributed by atoms with E-state index in [1.165, 1.54) is 6.07 Å². The molecule has 0 radical (unpaired) electrons. The van der Waals surface area contributed by atoms with Gasteiger partial charge in [0.1, 0.15) is 12.4 Å². The summed E-state index contributed by atoms with van der Waals surface area (Å²) < 4.78 is 5.87. The maximum atomic E-state index is 11.2. The molecule has 1 aromatic heterocycles. The summed E-state index contributed by atoms with van der Waals surface area (Å²) >= 11 is 0. The Morgan fingerprint density at radius 3 is 2.91 bits per heavy atom. The summed E-state index contributed by atoms with van der Waals surface area (Å²) in [6.07, 6.45) is 2.26. The number of benzene rings is 1. The third-order valence-corrected chi connectivity index (χ3v) is 3.44. The van der Waals surface area contributed by atoms with E-state index in [1.807, 2.05) is 24.3 Å². The van der Waals surface area contributed by atoms with Gasteiger partial charge in [0.25, 0.3) is 0 Å². The van der Waals surface area contributed by atoms with Crippen LogP contribution in [0.4, 0.5) is 0 Å². The minimum absolute atomic E-state index is 0.109. The van der Waals surface area contributed by atoms with Gasteiger partial charge in [0.2, 0.25) is 5.56 Å². The highest BCUT2D eigenvalue weighted by molar-refractivity contribution is 5.87. The van der Waals surface area contributed by atoms with Crippen molar-refractivity contribution in [1.82, 2.24) is 4.98 Å². The number of hydrogen-bond acceptors (Lipinski definition) is 5. The van der Waals surface area contributed by atoms with Gasteiger partial charge in [-0.1, -0.05) is 23.4 Å². The van der Waals surface area contributed by atoms with Crippen LogP contribution in [-0.4, -0.2) is 30.0 Å². The molecule has 3 N–H and O–H groups in total. The van der Waals surface area contributed by atoms with Gasteiger partial charge in [-0.05, 0) is 12.1 Å². The monoisotopic (exact) mass is 299 g/mol. The number of rotatable bonds is 5. The average Bonchev–Trinajstić information content (AvgIpc) is 3.02. The van der Waals surface area contributed by atoms with Crippen molar-refractivity contribution in [2.75, 3.05) is 13.2 Å². The summed E-state index contributed by atoms with van der Waals surface area (Å²) in [6, 6.07) is 10.9. The predicted molar refractivity (Wildman–Crippen MR) is 84.0 cm³/mol. The number of aromatic nitrogens is 1. The molecule has 3 rings (SSSR count). The Kier molecular flexibility index (Phi) is 4.20. The minimum Gasteiger partial charge on any atom is -0.489 e. The number of aromatic amines is 1. The zero-order valence-electron chi connectivity index (χ0n) is 12.0. The lowest BCUT2D eigenvalue weighted by Gasteiger charge is -2.14. The van der Waals surface area contributed by atoms with Crippen molar-refractivity contribution in [3.63, 3.8) is 0 Å². The smallest absolute Gasteiger partial charge is 0.247 e. The number of hydrogen-bond donors (Lipinski definition) is 2. The van der Waals surface area contributed by atoms with E-state index in [1.54, 1.807) is 12.3 Å². The lowest BCUT2D eigenvalue weighted by molar-refractivity contribution is 0.0472. The summed E-state index contributed by atoms with van der Waals surface area (Å²) in [7, 11) is 0. The summed E-state index contributed by atoms with van der Waals surface area (Å²) in [4.78, 5) is 19.1. The molecule has 0 bridgehead atoms. The highest BCUT2D eigenvalue weighted by atomic mass is 16.7. The zero-order chi connectivity index (χ0) is 15.4. The molecular formula is C16H17N3O3. The molecule has 2 aromatic rings. The second kappa shape index (κ2) is 6.44. The largest absolute Gasteiger partial charge is 0.489 e. The molecule has 0 spiro atoms. The van der Waals surface area contributed by atoms with Crippen LogP contribution >= 0.6 is 0 Å². The molecule has 1 aliphatic heterocycles. The molecule has 0 amide bonds. The van der Waals surface area contributed by atoms with Gasteiger partial charge in [0.15, 0.2) is 6.10 Å². The normalized spacial score (nSPS) is 17.0. The van der Waals surface area contributed by atoms with Gasteiger partial charge in [-0.2, -0.15) is 0 Å². The zero-order valence-corrected chi connectivity index (χ0v) is 12.0. The maximum Gasteiger partial charge on any atom is 0.247 e. The van der Waals surface area contributed by atoms with Crippen LogP contribution in [0.15, 0.2) is 52.5 Å². The third kappa shape index (κ3) is 3.17. The van der Waals surface area contributed by atoms with E-state index in [0.29, 0.717) is 19.6 Å². The van der Waals surface area contributed by atoms with Crippen LogP contribution in [0.5, 0.6) is 5.75 Å². The molecule has 6 heteroatoms. The average molecular weight is 299 g/mol. The summed E-state index contributed by atoms with van der Waals surface area (Å²) in [5, 5.41) is 3.91. The van der Waals surface area contributed by atoms with Crippen LogP contribution in [0.3, 0.4) is 0 Å². The van der Waals surface area contributed by atoms with Crippen molar-refractivity contribution in [1.29, 1.82) is 0 Å². The number of nitrogens with one attached hydrogen (secondary N) is 1. The summed E-state index contributed by atoms with van der Waals surface area (Å²) in [5.41, 5.74) is 8.06. The minimum atomic E-state index is -0.132. The van der Waals surface area contributed by atoms with E-state index in [-0.39, 0.29) is 11.7 Å². The Hall–Kier alpha value is -2.60. The number of para-hydroxylation sites is 1. The summed E-state index contributed by atoms with van der Waals surface area (Å²) in [5.74, 6) is 0.736. The van der Waals surface area contributed by atoms with E-state index < -0.39 is 0 Å². The molecule has 0 saturated carbocycles. The molecule has 1 unspecified atom stereocenters. The quantitative estimate of drug-likeness (QED) is 0.876. The molecule has 1 aliphatic rings. The Labute approximate surface area is 127 Å². The molecule has 114 valence electrons. The van der Waals surface area contributed by atoms with Crippen molar-refractivity contribution in [2.45, 2.75) is 12.5 Å². The highest BCUT2D eigenvalue weighted by Crippen LogP contribution is 2.29. The van der Waals surface area contributed by atoms with Crippen molar-refractivity contribution >= 4 is 5.71 Å². The number of ether oxygens (including phenoxy) is 1. The Balaban J connectivity index is 1.72. The lowest BCUT2D eigenvalue weighted by Crippen LogP contribution is -2.20. The Morgan fingerprint density at radius 1 is 1.32 bits per heavy atom. The van der Waals surface area contributed by atoms with Crippen molar-refractivity contribution in [3.05, 3.63) is 52.9 Å². The van der Waals surface area contributed by atoms with Crippen LogP contribution < -0.4 is 16.0 Å². The van der Waals surface area contributed by atoms with Gasteiger partial charge in [-0.25, -0.2) is 0 Å². The Morgan fingerprint density at radius 2 is 2.18 bits per heavy atom. The van der Waals surface area contributed by atoms with E-state index >= 15 is 0 Å². The molecule has 22 heavy (non-hydrogen) atoms. The van der Waals surface area contributed by atoms with E-state index in [2.05, 4.69) is 10.1 Å². The molecule has 1 aromatic carbocycles. The fourth-order valence-corrected chi connectivity index (χ4v) is 2.29. The first-order valence-electron chi connectivity index (χ1n) is 7.09. The van der Waals surface area contributed by atoms with E-state index in [4.69, 9.17) is 15.3 Å². The van der Waals surface area contributed by atoms with Crippen LogP contribution in [-0.2, 0) is 4.84 Å². The number of nitrogens with two attached hydrogens (primary N) is 1. The maximum absolute atomic E-state index is 11.2. The second-order valence-electron chi connectivity index (χ2n) is 5.04. The molecule has 0 aliphatic carbocycles. The van der Waals surface area contributed by atoms with Gasteiger partial charge in [0, 0.05) is 36.4 Å². The SMILES string of the molecule is NCC1=NOC(COc2ccccc2-c2ccc(=O)[nH]c2)C1. The summed E-state index contributed by atoms with van der Waals surface area (Å²) in [6.45, 7) is 0.803. The third-order valence-electron chi connectivity index (χ3n) is 3.44. The Bertz CT molecular complexity index is 719. The number of pyridine rings is 1. The van der Waals surface area contributed by atoms with Crippen molar-refractivity contribution < 1.29 is 9.57 Å². The van der Waals surface area contributed by atoms with Gasteiger partial charge >= 0.3 is 0 Å². The molecule has 1 atom stereocenters. The predicted octanol–water partition coefficient (Wildman–Crippen LogP) is 1.52. The van der Waals surface area contributed by atoms with Gasteiger partial charge in [0.05, 0.1) is 5.71 Å². The van der Waals surface area contributed by atoms with Gasteiger partial charge < -0.3 is 20.3 Å². The molecule has 0 saturated heterocycles. The first-order valence-corrected chi connectivity index (χ1v) is 7.09. The van der Waals surface area contributed by atoms with Gasteiger partial charge in [-0.15, -0.1) is 0 Å². The standard InChI is InChI=1S/C16H17N3O3/c17-8-12-7-13(22-19-12)10-21-15-4-2-1-3-14(15)11-5-6-16(20)18-9-11/h1-6,9,13H,7-8,10,17H2,(H,18,20). The van der Waals surface area contributed by atoms with Gasteiger partial charge in [-0.3, -0.25) is 4.79 Å². The molecular weight excluding hydrogens is 282 g/mol. The highest BCUT2D eigenvalue weighted by Gasteiger charge is 2.21. The van der Waals surface area contributed by atoms with Crippen molar-refractivity contribution in [3.8, 4) is 16.9 Å². The molecule has 6 nitrogen and oxygen atoms in total. The van der Waals surface area contributed by atoms with Crippen LogP contribution in [0.1, 0.15) is 6.42 Å². The second-order valence-corrected chi connectivity index (χ2v) is 5.04. The number of nitrogens with zero attached hydrogens (tertiary/aromatic N) is 1. The first-order chi connectivity index (χ1) is 10.8. The fraction of sp³-hybridized carbons (Fsp3) is 0.250. The van der Waals surface area contributed by atoms with E-state index in [0.717, 1.165) is 22.6 Å². The number of oxime groups is 1. The molecule has 0 fully saturated rings. The number of H-pyrrole nitrogens is 1. The molecule has 2 heterocycles. The lowest BCUT2D eigenvalue weighted by atomic mass is 10.1. The van der Waals surface area contributed by atoms with Crippen LogP contribution in [0.2, 0.25) is 0 Å². The topological polar surface area (TPSA) is 89.7 Å². The van der Waals surface area contributed by atoms with Crippen LogP contribution in [0.25, 0.3) is 11.1 Å². The fourth-order valence-electron chi connectivity index (χ4n) is 2.29. The van der Waals surface area contributed by atoms with Crippen molar-refractivity contribution in [2.24, 2.45) is 10.9 Å². The van der Waals surface area contributed by atoms with Crippen LogP contribution in [0, 0.1) is 0 Å². The first kappa shape index (κ1) is 14.3. The van der Waals surface area contributed by atoms with E-state index in [9.17, 15) is 4.79 Å².